The fourth-order valence-electron chi connectivity index (χ4n) is 1.44. The molecular weight excluding hydrogens is 264 g/mol. The number of esters is 2. The summed E-state index contributed by atoms with van der Waals surface area (Å²) in [5, 5.41) is 8.64. The van der Waals surface area contributed by atoms with Gasteiger partial charge in [0.15, 0.2) is 0 Å². The Morgan fingerprint density at radius 1 is 1.00 bits per heavy atom. The van der Waals surface area contributed by atoms with Gasteiger partial charge in [0.25, 0.3) is 0 Å². The van der Waals surface area contributed by atoms with Crippen molar-refractivity contribution in [3.63, 3.8) is 0 Å². The Kier molecular flexibility index (Phi) is 7.31. The topological polar surface area (TPSA) is 82.1 Å². The van der Waals surface area contributed by atoms with E-state index in [1.807, 2.05) is 0 Å². The Morgan fingerprint density at radius 3 is 2.05 bits per heavy atom. The SMILES string of the molecule is COCCOC(=O)c1ccccc1C(=O)OCCCO. The summed E-state index contributed by atoms with van der Waals surface area (Å²) in [6.45, 7) is 0.439. The summed E-state index contributed by atoms with van der Waals surface area (Å²) < 4.78 is 14.7. The second kappa shape index (κ2) is 9.06. The second-order valence-electron chi connectivity index (χ2n) is 3.89. The summed E-state index contributed by atoms with van der Waals surface area (Å²) in [5.41, 5.74) is 0.297. The standard InChI is InChI=1S/C14H18O6/c1-18-9-10-20-14(17)12-6-3-2-5-11(12)13(16)19-8-4-7-15/h2-3,5-6,15H,4,7-10H2,1H3. The van der Waals surface area contributed by atoms with Gasteiger partial charge in [-0.05, 0) is 12.1 Å². The lowest BCUT2D eigenvalue weighted by Gasteiger charge is -2.09. The molecule has 1 N–H and O–H groups in total. The number of aliphatic hydroxyl groups excluding tert-OH is 1. The van der Waals surface area contributed by atoms with Crippen molar-refractivity contribution in [2.75, 3.05) is 33.5 Å². The minimum Gasteiger partial charge on any atom is -0.462 e. The third-order valence-electron chi connectivity index (χ3n) is 2.42. The van der Waals surface area contributed by atoms with Crippen LogP contribution in [-0.2, 0) is 14.2 Å². The lowest BCUT2D eigenvalue weighted by Crippen LogP contribution is -2.16. The van der Waals surface area contributed by atoms with Gasteiger partial charge < -0.3 is 19.3 Å². The van der Waals surface area contributed by atoms with Crippen LogP contribution < -0.4 is 0 Å². The summed E-state index contributed by atoms with van der Waals surface area (Å²) in [4.78, 5) is 23.7. The fourth-order valence-corrected chi connectivity index (χ4v) is 1.44. The van der Waals surface area contributed by atoms with Crippen molar-refractivity contribution in [1.29, 1.82) is 0 Å². The zero-order chi connectivity index (χ0) is 14.8. The van der Waals surface area contributed by atoms with E-state index < -0.39 is 11.9 Å². The molecule has 1 rings (SSSR count). The smallest absolute Gasteiger partial charge is 0.339 e. The largest absolute Gasteiger partial charge is 0.462 e. The molecule has 0 aliphatic rings. The van der Waals surface area contributed by atoms with E-state index in [4.69, 9.17) is 19.3 Å². The van der Waals surface area contributed by atoms with Gasteiger partial charge in [-0.1, -0.05) is 12.1 Å². The molecule has 0 aromatic heterocycles. The van der Waals surface area contributed by atoms with Gasteiger partial charge >= 0.3 is 11.9 Å². The highest BCUT2D eigenvalue weighted by atomic mass is 16.6. The van der Waals surface area contributed by atoms with Gasteiger partial charge in [0.1, 0.15) is 6.61 Å². The van der Waals surface area contributed by atoms with Gasteiger partial charge in [-0.25, -0.2) is 9.59 Å². The molecule has 0 radical (unpaired) electrons. The number of ether oxygens (including phenoxy) is 3. The highest BCUT2D eigenvalue weighted by Crippen LogP contribution is 2.12. The average molecular weight is 282 g/mol. The van der Waals surface area contributed by atoms with Gasteiger partial charge in [-0.2, -0.15) is 0 Å². The molecule has 0 saturated carbocycles. The fraction of sp³-hybridized carbons (Fsp3) is 0.429. The molecule has 0 fully saturated rings. The molecule has 0 bridgehead atoms. The van der Waals surface area contributed by atoms with Crippen LogP contribution in [0.1, 0.15) is 27.1 Å². The molecule has 0 amide bonds. The first-order valence-corrected chi connectivity index (χ1v) is 6.23. The van der Waals surface area contributed by atoms with Crippen molar-refractivity contribution >= 4 is 11.9 Å². The van der Waals surface area contributed by atoms with E-state index in [-0.39, 0.29) is 37.6 Å². The van der Waals surface area contributed by atoms with E-state index in [0.717, 1.165) is 0 Å². The quantitative estimate of drug-likeness (QED) is 0.566. The van der Waals surface area contributed by atoms with Crippen molar-refractivity contribution in [3.05, 3.63) is 35.4 Å². The lowest BCUT2D eigenvalue weighted by atomic mass is 10.1. The molecule has 1 aromatic carbocycles. The monoisotopic (exact) mass is 282 g/mol. The minimum absolute atomic E-state index is 0.0615. The van der Waals surface area contributed by atoms with Crippen molar-refractivity contribution in [3.8, 4) is 0 Å². The zero-order valence-corrected chi connectivity index (χ0v) is 11.3. The van der Waals surface area contributed by atoms with Gasteiger partial charge in [-0.3, -0.25) is 0 Å². The Labute approximate surface area is 117 Å². The second-order valence-corrected chi connectivity index (χ2v) is 3.89. The van der Waals surface area contributed by atoms with E-state index in [9.17, 15) is 9.59 Å². The molecule has 0 heterocycles. The summed E-state index contributed by atoms with van der Waals surface area (Å²) in [5.74, 6) is -1.21. The van der Waals surface area contributed by atoms with E-state index >= 15 is 0 Å². The molecule has 6 heteroatoms. The van der Waals surface area contributed by atoms with E-state index in [1.165, 1.54) is 19.2 Å². The summed E-state index contributed by atoms with van der Waals surface area (Å²) in [7, 11) is 1.50. The number of methoxy groups -OCH3 is 1. The van der Waals surface area contributed by atoms with Crippen LogP contribution in [0.2, 0.25) is 0 Å². The normalized spacial score (nSPS) is 10.1. The Bertz CT molecular complexity index is 402. The minimum atomic E-state index is -0.613. The lowest BCUT2D eigenvalue weighted by molar-refractivity contribution is 0.0370. The first kappa shape index (κ1) is 16.1. The van der Waals surface area contributed by atoms with E-state index in [0.29, 0.717) is 6.42 Å². The van der Waals surface area contributed by atoms with Crippen molar-refractivity contribution in [2.45, 2.75) is 6.42 Å². The number of hydrogen-bond acceptors (Lipinski definition) is 6. The molecular formula is C14H18O6. The van der Waals surface area contributed by atoms with E-state index in [1.54, 1.807) is 12.1 Å². The number of rotatable bonds is 8. The Hall–Kier alpha value is -1.92. The third-order valence-corrected chi connectivity index (χ3v) is 2.42. The molecule has 0 aliphatic heterocycles. The molecule has 0 spiro atoms. The predicted octanol–water partition coefficient (Wildman–Crippen LogP) is 1.03. The Balaban J connectivity index is 2.71. The van der Waals surface area contributed by atoms with Crippen LogP contribution >= 0.6 is 0 Å². The van der Waals surface area contributed by atoms with Crippen LogP contribution in [0.15, 0.2) is 24.3 Å². The zero-order valence-electron chi connectivity index (χ0n) is 11.3. The molecule has 0 unspecified atom stereocenters. The molecule has 6 nitrogen and oxygen atoms in total. The predicted molar refractivity (Wildman–Crippen MR) is 70.6 cm³/mol. The van der Waals surface area contributed by atoms with Crippen molar-refractivity contribution in [2.24, 2.45) is 0 Å². The van der Waals surface area contributed by atoms with Crippen LogP contribution in [0.5, 0.6) is 0 Å². The maximum atomic E-state index is 11.8. The first-order chi connectivity index (χ1) is 9.70. The first-order valence-electron chi connectivity index (χ1n) is 6.23. The summed E-state index contributed by atoms with van der Waals surface area (Å²) in [6, 6.07) is 6.26. The average Bonchev–Trinajstić information content (AvgIpc) is 2.47. The third kappa shape index (κ3) is 4.99. The molecule has 0 saturated heterocycles. The molecule has 20 heavy (non-hydrogen) atoms. The molecule has 0 atom stereocenters. The highest BCUT2D eigenvalue weighted by molar-refractivity contribution is 6.03. The van der Waals surface area contributed by atoms with E-state index in [2.05, 4.69) is 0 Å². The maximum Gasteiger partial charge on any atom is 0.339 e. The summed E-state index contributed by atoms with van der Waals surface area (Å²) >= 11 is 0. The van der Waals surface area contributed by atoms with Gasteiger partial charge in [0.05, 0.1) is 24.3 Å². The number of aliphatic hydroxyl groups is 1. The number of carbonyl (C=O) groups excluding carboxylic acids is 2. The molecule has 110 valence electrons. The number of hydrogen-bond donors (Lipinski definition) is 1. The molecule has 1 aromatic rings. The van der Waals surface area contributed by atoms with Gasteiger partial charge in [0, 0.05) is 20.1 Å². The Morgan fingerprint density at radius 2 is 1.55 bits per heavy atom. The number of carbonyl (C=O) groups is 2. The van der Waals surface area contributed by atoms with Crippen LogP contribution in [0.4, 0.5) is 0 Å². The van der Waals surface area contributed by atoms with Crippen molar-refractivity contribution in [1.82, 2.24) is 0 Å². The van der Waals surface area contributed by atoms with Crippen molar-refractivity contribution < 1.29 is 28.9 Å². The number of benzene rings is 1. The van der Waals surface area contributed by atoms with Crippen LogP contribution in [-0.4, -0.2) is 50.6 Å². The van der Waals surface area contributed by atoms with Crippen LogP contribution in [0.25, 0.3) is 0 Å². The van der Waals surface area contributed by atoms with Gasteiger partial charge in [-0.15, -0.1) is 0 Å². The maximum absolute atomic E-state index is 11.8. The highest BCUT2D eigenvalue weighted by Gasteiger charge is 2.18. The summed E-state index contributed by atoms with van der Waals surface area (Å²) in [6.07, 6.45) is 0.353. The van der Waals surface area contributed by atoms with Crippen LogP contribution in [0, 0.1) is 0 Å². The van der Waals surface area contributed by atoms with Gasteiger partial charge in [0.2, 0.25) is 0 Å². The van der Waals surface area contributed by atoms with Crippen LogP contribution in [0.3, 0.4) is 0 Å². The molecule has 0 aliphatic carbocycles.